The maximum Gasteiger partial charge on any atom is 0.317 e. The Balaban J connectivity index is 0.000000329. The lowest BCUT2D eigenvalue weighted by Gasteiger charge is -2.33. The van der Waals surface area contributed by atoms with E-state index in [4.69, 9.17) is 23.7 Å². The number of ether oxygens (including phenoxy) is 5. The molecule has 0 aliphatic carbocycles. The fraction of sp³-hybridized carbons (Fsp3) is 0.556. The topological polar surface area (TPSA) is 138 Å². The molecular weight excluding hydrogens is 604 g/mol. The van der Waals surface area contributed by atoms with E-state index < -0.39 is 11.9 Å². The number of benzene rings is 2. The number of para-hydroxylation sites is 2. The maximum atomic E-state index is 12.4. The number of Topliss-reactive ketones (excluding diaryl/α,β-unsaturated/α-hetero) is 1. The van der Waals surface area contributed by atoms with Crippen LogP contribution in [0.15, 0.2) is 48.5 Å². The van der Waals surface area contributed by atoms with Gasteiger partial charge in [0.15, 0.2) is 5.78 Å². The molecule has 0 spiro atoms. The highest BCUT2D eigenvalue weighted by atomic mass is 16.5. The normalized spacial score (nSPS) is 18.5. The van der Waals surface area contributed by atoms with Crippen molar-refractivity contribution in [1.82, 2.24) is 10.6 Å². The van der Waals surface area contributed by atoms with Gasteiger partial charge in [-0.05, 0) is 56.9 Å². The summed E-state index contributed by atoms with van der Waals surface area (Å²) in [7, 11) is 3.26. The molecule has 260 valence electrons. The van der Waals surface area contributed by atoms with Gasteiger partial charge in [-0.15, -0.1) is 0 Å². The van der Waals surface area contributed by atoms with Crippen LogP contribution in [0, 0.1) is 17.8 Å². The molecule has 0 aromatic heterocycles. The highest BCUT2D eigenvalue weighted by molar-refractivity contribution is 6.01. The SMILES string of the molecule is CCOC(=O)C1CNC(Cc2ccccc2OC)C(C)C1=O.CCOC(=O)CCNC(Cc1ccccc1OC)C(C)C(=O)OCC. The monoisotopic (exact) mass is 656 g/mol. The Hall–Kier alpha value is -3.96. The van der Waals surface area contributed by atoms with Gasteiger partial charge in [-0.2, -0.15) is 0 Å². The highest BCUT2D eigenvalue weighted by Gasteiger charge is 2.39. The van der Waals surface area contributed by atoms with Crippen molar-refractivity contribution in [2.45, 2.75) is 66.0 Å². The first-order valence-electron chi connectivity index (χ1n) is 16.3. The van der Waals surface area contributed by atoms with E-state index in [2.05, 4.69) is 10.6 Å². The molecule has 3 rings (SSSR count). The van der Waals surface area contributed by atoms with Gasteiger partial charge in [0.25, 0.3) is 0 Å². The van der Waals surface area contributed by atoms with Crippen molar-refractivity contribution in [2.75, 3.05) is 47.1 Å². The van der Waals surface area contributed by atoms with Crippen LogP contribution >= 0.6 is 0 Å². The predicted molar refractivity (Wildman–Crippen MR) is 178 cm³/mol. The summed E-state index contributed by atoms with van der Waals surface area (Å²) in [6, 6.07) is 15.3. The summed E-state index contributed by atoms with van der Waals surface area (Å²) in [5.74, 6) is -0.684. The molecule has 5 unspecified atom stereocenters. The Labute approximate surface area is 279 Å². The largest absolute Gasteiger partial charge is 0.496 e. The minimum absolute atomic E-state index is 0.00511. The lowest BCUT2D eigenvalue weighted by atomic mass is 9.82. The first-order valence-corrected chi connectivity index (χ1v) is 16.3. The predicted octanol–water partition coefficient (Wildman–Crippen LogP) is 3.94. The number of hydrogen-bond acceptors (Lipinski definition) is 11. The third-order valence-electron chi connectivity index (χ3n) is 8.12. The van der Waals surface area contributed by atoms with Gasteiger partial charge < -0.3 is 34.3 Å². The third kappa shape index (κ3) is 12.3. The lowest BCUT2D eigenvalue weighted by molar-refractivity contribution is -0.154. The molecule has 0 radical (unpaired) electrons. The van der Waals surface area contributed by atoms with Crippen molar-refractivity contribution in [3.05, 3.63) is 59.7 Å². The second kappa shape index (κ2) is 21.0. The molecule has 1 fully saturated rings. The van der Waals surface area contributed by atoms with Crippen molar-refractivity contribution >= 4 is 23.7 Å². The summed E-state index contributed by atoms with van der Waals surface area (Å²) < 4.78 is 25.8. The van der Waals surface area contributed by atoms with E-state index in [1.807, 2.05) is 62.4 Å². The molecule has 0 saturated carbocycles. The smallest absolute Gasteiger partial charge is 0.317 e. The van der Waals surface area contributed by atoms with Crippen LogP contribution in [-0.2, 0) is 46.2 Å². The van der Waals surface area contributed by atoms with Gasteiger partial charge in [-0.25, -0.2) is 0 Å². The molecule has 1 saturated heterocycles. The number of carbonyl (C=O) groups is 4. The van der Waals surface area contributed by atoms with Gasteiger partial charge in [-0.1, -0.05) is 50.2 Å². The number of rotatable bonds is 16. The molecule has 5 atom stereocenters. The number of esters is 3. The van der Waals surface area contributed by atoms with Crippen LogP contribution in [0.1, 0.15) is 52.2 Å². The number of hydrogen-bond donors (Lipinski definition) is 2. The molecule has 2 N–H and O–H groups in total. The summed E-state index contributed by atoms with van der Waals surface area (Å²) in [6.45, 7) is 10.8. The van der Waals surface area contributed by atoms with Crippen LogP contribution in [0.3, 0.4) is 0 Å². The van der Waals surface area contributed by atoms with Gasteiger partial charge in [0.05, 0.1) is 46.4 Å². The molecule has 11 heteroatoms. The maximum absolute atomic E-state index is 12.4. The minimum atomic E-state index is -0.691. The average molecular weight is 657 g/mol. The highest BCUT2D eigenvalue weighted by Crippen LogP contribution is 2.26. The van der Waals surface area contributed by atoms with Gasteiger partial charge in [-0.3, -0.25) is 19.2 Å². The molecule has 11 nitrogen and oxygen atoms in total. The molecule has 0 amide bonds. The second-order valence-corrected chi connectivity index (χ2v) is 11.2. The van der Waals surface area contributed by atoms with Crippen molar-refractivity contribution < 1.29 is 42.9 Å². The van der Waals surface area contributed by atoms with E-state index in [-0.39, 0.29) is 48.1 Å². The van der Waals surface area contributed by atoms with Crippen LogP contribution in [0.2, 0.25) is 0 Å². The van der Waals surface area contributed by atoms with E-state index in [1.165, 1.54) is 0 Å². The van der Waals surface area contributed by atoms with Crippen molar-refractivity contribution in [1.29, 1.82) is 0 Å². The first-order chi connectivity index (χ1) is 22.6. The van der Waals surface area contributed by atoms with Gasteiger partial charge in [0.2, 0.25) is 0 Å². The fourth-order valence-electron chi connectivity index (χ4n) is 5.43. The summed E-state index contributed by atoms with van der Waals surface area (Å²) in [5, 5.41) is 6.60. The fourth-order valence-corrected chi connectivity index (χ4v) is 5.43. The number of methoxy groups -OCH3 is 2. The molecule has 1 heterocycles. The summed E-state index contributed by atoms with van der Waals surface area (Å²) in [6.07, 6.45) is 1.53. The van der Waals surface area contributed by atoms with Crippen LogP contribution in [0.25, 0.3) is 0 Å². The minimum Gasteiger partial charge on any atom is -0.496 e. The number of piperidine rings is 1. The zero-order valence-corrected chi connectivity index (χ0v) is 28.8. The Morgan fingerprint density at radius 2 is 1.45 bits per heavy atom. The Morgan fingerprint density at radius 1 is 0.872 bits per heavy atom. The molecule has 1 aliphatic heterocycles. The second-order valence-electron chi connectivity index (χ2n) is 11.2. The number of ketones is 1. The van der Waals surface area contributed by atoms with Crippen LogP contribution < -0.4 is 20.1 Å². The summed E-state index contributed by atoms with van der Waals surface area (Å²) in [4.78, 5) is 47.9. The van der Waals surface area contributed by atoms with Crippen LogP contribution in [0.5, 0.6) is 11.5 Å². The Bertz CT molecular complexity index is 1280. The zero-order valence-electron chi connectivity index (χ0n) is 28.8. The molecule has 1 aliphatic rings. The average Bonchev–Trinajstić information content (AvgIpc) is 3.07. The van der Waals surface area contributed by atoms with Crippen LogP contribution in [0.4, 0.5) is 0 Å². The zero-order chi connectivity index (χ0) is 34.8. The molecule has 47 heavy (non-hydrogen) atoms. The molecular formula is C36H52N2O9. The van der Waals surface area contributed by atoms with Gasteiger partial charge >= 0.3 is 17.9 Å². The first kappa shape index (κ1) is 39.2. The van der Waals surface area contributed by atoms with Gasteiger partial charge in [0.1, 0.15) is 17.4 Å². The number of nitrogens with one attached hydrogen (secondary N) is 2. The quantitative estimate of drug-likeness (QED) is 0.154. The Kier molecular flexibility index (Phi) is 17.5. The van der Waals surface area contributed by atoms with Gasteiger partial charge in [0, 0.05) is 31.1 Å². The summed E-state index contributed by atoms with van der Waals surface area (Å²) in [5.41, 5.74) is 2.05. The third-order valence-corrected chi connectivity index (χ3v) is 8.12. The van der Waals surface area contributed by atoms with E-state index in [1.54, 1.807) is 35.0 Å². The van der Waals surface area contributed by atoms with Crippen molar-refractivity contribution in [2.24, 2.45) is 17.8 Å². The van der Waals surface area contributed by atoms with Crippen molar-refractivity contribution in [3.63, 3.8) is 0 Å². The lowest BCUT2D eigenvalue weighted by Crippen LogP contribution is -2.53. The van der Waals surface area contributed by atoms with E-state index in [0.29, 0.717) is 45.8 Å². The molecule has 0 bridgehead atoms. The Morgan fingerprint density at radius 3 is 2.04 bits per heavy atom. The number of carbonyl (C=O) groups excluding carboxylic acids is 4. The van der Waals surface area contributed by atoms with Crippen molar-refractivity contribution in [3.8, 4) is 11.5 Å². The molecule has 2 aromatic rings. The van der Waals surface area contributed by atoms with E-state index >= 15 is 0 Å². The van der Waals surface area contributed by atoms with E-state index in [0.717, 1.165) is 22.6 Å². The van der Waals surface area contributed by atoms with E-state index in [9.17, 15) is 19.2 Å². The molecule has 2 aromatic carbocycles. The van der Waals surface area contributed by atoms with Crippen LogP contribution in [-0.4, -0.2) is 82.9 Å². The summed E-state index contributed by atoms with van der Waals surface area (Å²) >= 11 is 0. The standard InChI is InChI=1S/C19H29NO5.C17H23NO4/c1-5-24-18(21)11-12-20-16(14(3)19(22)25-6-2)13-15-9-7-8-10-17(15)23-4;1-4-22-17(20)13-10-18-14(11(2)16(13)19)9-12-7-5-6-8-15(12)21-3/h7-10,14,16,20H,5-6,11-13H2,1-4H3;5-8,11,13-14,18H,4,9-10H2,1-3H3.